The first-order valence-electron chi connectivity index (χ1n) is 8.95. The van der Waals surface area contributed by atoms with E-state index in [0.29, 0.717) is 24.5 Å². The SMILES string of the molecule is COc1ccc(CCNC(=O)/C=C/c2ccc(OC(C)C)cc2)cc1OC. The molecule has 0 saturated heterocycles. The van der Waals surface area contributed by atoms with E-state index in [2.05, 4.69) is 5.32 Å². The molecule has 0 bridgehead atoms. The summed E-state index contributed by atoms with van der Waals surface area (Å²) in [6.07, 6.45) is 4.17. The average molecular weight is 369 g/mol. The number of benzene rings is 2. The van der Waals surface area contributed by atoms with Gasteiger partial charge in [0.2, 0.25) is 5.91 Å². The summed E-state index contributed by atoms with van der Waals surface area (Å²) in [5, 5.41) is 2.88. The van der Waals surface area contributed by atoms with Crippen LogP contribution in [0.2, 0.25) is 0 Å². The van der Waals surface area contributed by atoms with Crippen molar-refractivity contribution in [1.29, 1.82) is 0 Å². The Balaban J connectivity index is 1.81. The third-order valence-electron chi connectivity index (χ3n) is 3.84. The summed E-state index contributed by atoms with van der Waals surface area (Å²) < 4.78 is 16.1. The number of carbonyl (C=O) groups excluding carboxylic acids is 1. The largest absolute Gasteiger partial charge is 0.493 e. The van der Waals surface area contributed by atoms with E-state index in [9.17, 15) is 4.79 Å². The summed E-state index contributed by atoms with van der Waals surface area (Å²) in [6.45, 7) is 4.51. The van der Waals surface area contributed by atoms with Crippen LogP contribution in [0.3, 0.4) is 0 Å². The molecular formula is C22H27NO4. The zero-order valence-corrected chi connectivity index (χ0v) is 16.3. The van der Waals surface area contributed by atoms with Crippen molar-refractivity contribution in [3.63, 3.8) is 0 Å². The van der Waals surface area contributed by atoms with E-state index in [1.165, 1.54) is 6.08 Å². The maximum atomic E-state index is 12.0. The molecule has 5 nitrogen and oxygen atoms in total. The van der Waals surface area contributed by atoms with Crippen LogP contribution in [0.15, 0.2) is 48.5 Å². The Morgan fingerprint density at radius 1 is 1.04 bits per heavy atom. The molecule has 0 fully saturated rings. The fraction of sp³-hybridized carbons (Fsp3) is 0.318. The van der Waals surface area contributed by atoms with Crippen LogP contribution < -0.4 is 19.5 Å². The Hall–Kier alpha value is -2.95. The smallest absolute Gasteiger partial charge is 0.244 e. The van der Waals surface area contributed by atoms with E-state index in [-0.39, 0.29) is 12.0 Å². The van der Waals surface area contributed by atoms with Crippen molar-refractivity contribution in [1.82, 2.24) is 5.32 Å². The topological polar surface area (TPSA) is 56.8 Å². The predicted molar refractivity (Wildman–Crippen MR) is 107 cm³/mol. The van der Waals surface area contributed by atoms with Crippen molar-refractivity contribution in [2.75, 3.05) is 20.8 Å². The van der Waals surface area contributed by atoms with Gasteiger partial charge in [0.25, 0.3) is 0 Å². The normalized spacial score (nSPS) is 10.9. The highest BCUT2D eigenvalue weighted by Crippen LogP contribution is 2.27. The molecule has 1 amide bonds. The van der Waals surface area contributed by atoms with Gasteiger partial charge < -0.3 is 19.5 Å². The van der Waals surface area contributed by atoms with E-state index in [4.69, 9.17) is 14.2 Å². The van der Waals surface area contributed by atoms with Crippen LogP contribution in [0.5, 0.6) is 17.2 Å². The molecule has 2 aromatic rings. The van der Waals surface area contributed by atoms with Gasteiger partial charge in [0.05, 0.1) is 20.3 Å². The Kier molecular flexibility index (Phi) is 7.74. The van der Waals surface area contributed by atoms with Gasteiger partial charge in [0.15, 0.2) is 11.5 Å². The summed E-state index contributed by atoms with van der Waals surface area (Å²) in [7, 11) is 3.21. The van der Waals surface area contributed by atoms with E-state index in [0.717, 1.165) is 16.9 Å². The minimum Gasteiger partial charge on any atom is -0.493 e. The Labute approximate surface area is 161 Å². The van der Waals surface area contributed by atoms with Crippen LogP contribution in [0.4, 0.5) is 0 Å². The molecule has 27 heavy (non-hydrogen) atoms. The molecule has 5 heteroatoms. The molecule has 0 spiro atoms. The van der Waals surface area contributed by atoms with Crippen LogP contribution in [0.1, 0.15) is 25.0 Å². The van der Waals surface area contributed by atoms with Crippen molar-refractivity contribution in [3.05, 3.63) is 59.7 Å². The predicted octanol–water partition coefficient (Wildman–Crippen LogP) is 3.86. The number of rotatable bonds is 9. The number of methoxy groups -OCH3 is 2. The minimum atomic E-state index is -0.127. The molecule has 0 aliphatic rings. The van der Waals surface area contributed by atoms with Crippen LogP contribution in [0, 0.1) is 0 Å². The van der Waals surface area contributed by atoms with Crippen molar-refractivity contribution in [2.45, 2.75) is 26.4 Å². The van der Waals surface area contributed by atoms with E-state index in [1.54, 1.807) is 20.3 Å². The lowest BCUT2D eigenvalue weighted by Crippen LogP contribution is -2.23. The second-order valence-corrected chi connectivity index (χ2v) is 6.30. The quantitative estimate of drug-likeness (QED) is 0.682. The third-order valence-corrected chi connectivity index (χ3v) is 3.84. The molecule has 0 saturated carbocycles. The first-order valence-corrected chi connectivity index (χ1v) is 8.95. The van der Waals surface area contributed by atoms with Crippen molar-refractivity contribution < 1.29 is 19.0 Å². The van der Waals surface area contributed by atoms with Gasteiger partial charge in [0.1, 0.15) is 5.75 Å². The zero-order chi connectivity index (χ0) is 19.6. The Morgan fingerprint density at radius 2 is 1.74 bits per heavy atom. The van der Waals surface area contributed by atoms with Crippen LogP contribution in [-0.4, -0.2) is 32.8 Å². The van der Waals surface area contributed by atoms with E-state index < -0.39 is 0 Å². The first-order chi connectivity index (χ1) is 13.0. The highest BCUT2D eigenvalue weighted by atomic mass is 16.5. The zero-order valence-electron chi connectivity index (χ0n) is 16.3. The van der Waals surface area contributed by atoms with Gasteiger partial charge in [-0.2, -0.15) is 0 Å². The van der Waals surface area contributed by atoms with Crippen LogP contribution >= 0.6 is 0 Å². The van der Waals surface area contributed by atoms with Crippen molar-refractivity contribution >= 4 is 12.0 Å². The fourth-order valence-corrected chi connectivity index (χ4v) is 2.53. The van der Waals surface area contributed by atoms with Gasteiger partial charge in [-0.1, -0.05) is 18.2 Å². The molecule has 2 aromatic carbocycles. The Bertz CT molecular complexity index is 766. The molecule has 144 valence electrons. The second kappa shape index (κ2) is 10.3. The summed E-state index contributed by atoms with van der Waals surface area (Å²) in [5.74, 6) is 2.07. The van der Waals surface area contributed by atoms with Gasteiger partial charge in [-0.25, -0.2) is 0 Å². The van der Waals surface area contributed by atoms with Gasteiger partial charge >= 0.3 is 0 Å². The van der Waals surface area contributed by atoms with Crippen LogP contribution in [0.25, 0.3) is 6.08 Å². The molecule has 1 N–H and O–H groups in total. The third kappa shape index (κ3) is 6.70. The molecular weight excluding hydrogens is 342 g/mol. The van der Waals surface area contributed by atoms with Crippen molar-refractivity contribution in [3.8, 4) is 17.2 Å². The van der Waals surface area contributed by atoms with Crippen molar-refractivity contribution in [2.24, 2.45) is 0 Å². The molecule has 2 rings (SSSR count). The van der Waals surface area contributed by atoms with Gasteiger partial charge in [-0.3, -0.25) is 4.79 Å². The lowest BCUT2D eigenvalue weighted by atomic mass is 10.1. The molecule has 0 unspecified atom stereocenters. The number of hydrogen-bond acceptors (Lipinski definition) is 4. The summed E-state index contributed by atoms with van der Waals surface area (Å²) in [6, 6.07) is 13.4. The first kappa shape index (κ1) is 20.4. The lowest BCUT2D eigenvalue weighted by molar-refractivity contribution is -0.116. The fourth-order valence-electron chi connectivity index (χ4n) is 2.53. The second-order valence-electron chi connectivity index (χ2n) is 6.30. The highest BCUT2D eigenvalue weighted by Gasteiger charge is 2.05. The summed E-state index contributed by atoms with van der Waals surface area (Å²) in [5.41, 5.74) is 2.01. The molecule has 0 radical (unpaired) electrons. The van der Waals surface area contributed by atoms with Gasteiger partial charge in [-0.15, -0.1) is 0 Å². The monoisotopic (exact) mass is 369 g/mol. The molecule has 0 aliphatic carbocycles. The standard InChI is InChI=1S/C22H27NO4/c1-16(2)27-19-9-5-17(6-10-19)8-12-22(24)23-14-13-18-7-11-20(25-3)21(15-18)26-4/h5-12,15-16H,13-14H2,1-4H3,(H,23,24)/b12-8+. The van der Waals surface area contributed by atoms with E-state index in [1.807, 2.05) is 56.3 Å². The van der Waals surface area contributed by atoms with Gasteiger partial charge in [0, 0.05) is 12.6 Å². The highest BCUT2D eigenvalue weighted by molar-refractivity contribution is 5.91. The number of hydrogen-bond donors (Lipinski definition) is 1. The summed E-state index contributed by atoms with van der Waals surface area (Å²) in [4.78, 5) is 12.0. The summed E-state index contributed by atoms with van der Waals surface area (Å²) >= 11 is 0. The number of ether oxygens (including phenoxy) is 3. The van der Waals surface area contributed by atoms with Crippen LogP contribution in [-0.2, 0) is 11.2 Å². The minimum absolute atomic E-state index is 0.127. The Morgan fingerprint density at radius 3 is 2.37 bits per heavy atom. The number of nitrogens with one attached hydrogen (secondary N) is 1. The maximum absolute atomic E-state index is 12.0. The lowest BCUT2D eigenvalue weighted by Gasteiger charge is -2.10. The molecule has 0 heterocycles. The molecule has 0 aromatic heterocycles. The molecule has 0 atom stereocenters. The average Bonchev–Trinajstić information content (AvgIpc) is 2.67. The number of carbonyl (C=O) groups is 1. The number of amides is 1. The van der Waals surface area contributed by atoms with Gasteiger partial charge in [-0.05, 0) is 61.7 Å². The maximum Gasteiger partial charge on any atom is 0.244 e. The van der Waals surface area contributed by atoms with E-state index >= 15 is 0 Å². The molecule has 0 aliphatic heterocycles.